The van der Waals surface area contributed by atoms with Crippen LogP contribution in [0.3, 0.4) is 0 Å². The fraction of sp³-hybridized carbons (Fsp3) is 0.154. The van der Waals surface area contributed by atoms with Gasteiger partial charge in [0, 0.05) is 12.2 Å². The quantitative estimate of drug-likeness (QED) is 0.807. The maximum absolute atomic E-state index is 11.2. The van der Waals surface area contributed by atoms with E-state index in [2.05, 4.69) is 9.97 Å². The van der Waals surface area contributed by atoms with Crippen LogP contribution in [0.1, 0.15) is 5.56 Å². The summed E-state index contributed by atoms with van der Waals surface area (Å²) in [6.45, 7) is 0.437. The summed E-state index contributed by atoms with van der Waals surface area (Å²) in [5.74, 6) is -0.0805. The number of hydrogen-bond donors (Lipinski definition) is 2. The third kappa shape index (κ3) is 3.83. The molecule has 0 bridgehead atoms. The minimum Gasteiger partial charge on any atom is -0.399 e. The molecule has 0 spiro atoms. The molecule has 0 aliphatic heterocycles. The SMILES string of the molecule is NC(=O)CN(Cc1cccc(N)c1)c1ncc(Cl)cn1. The van der Waals surface area contributed by atoms with Crippen LogP contribution < -0.4 is 16.4 Å². The van der Waals surface area contributed by atoms with Gasteiger partial charge in [0.05, 0.1) is 24.0 Å². The van der Waals surface area contributed by atoms with Crippen LogP contribution in [-0.2, 0) is 11.3 Å². The Kier molecular flexibility index (Phi) is 4.37. The summed E-state index contributed by atoms with van der Waals surface area (Å²) >= 11 is 5.75. The van der Waals surface area contributed by atoms with E-state index in [-0.39, 0.29) is 6.54 Å². The monoisotopic (exact) mass is 291 g/mol. The fourth-order valence-corrected chi connectivity index (χ4v) is 1.86. The fourth-order valence-electron chi connectivity index (χ4n) is 1.77. The first-order valence-corrected chi connectivity index (χ1v) is 6.27. The van der Waals surface area contributed by atoms with Gasteiger partial charge in [-0.3, -0.25) is 4.79 Å². The van der Waals surface area contributed by atoms with E-state index in [4.69, 9.17) is 23.1 Å². The summed E-state index contributed by atoms with van der Waals surface area (Å²) in [5, 5.41) is 0.428. The number of anilines is 2. The van der Waals surface area contributed by atoms with Gasteiger partial charge < -0.3 is 16.4 Å². The predicted octanol–water partition coefficient (Wildman–Crippen LogP) is 1.20. The number of rotatable bonds is 5. The molecule has 0 saturated heterocycles. The van der Waals surface area contributed by atoms with Crippen molar-refractivity contribution >= 4 is 29.1 Å². The summed E-state index contributed by atoms with van der Waals surface area (Å²) < 4.78 is 0. The van der Waals surface area contributed by atoms with Crippen molar-refractivity contribution in [3.63, 3.8) is 0 Å². The smallest absolute Gasteiger partial charge is 0.237 e. The van der Waals surface area contributed by atoms with E-state index in [1.54, 1.807) is 11.0 Å². The molecule has 7 heteroatoms. The molecule has 4 N–H and O–H groups in total. The lowest BCUT2D eigenvalue weighted by molar-refractivity contribution is -0.116. The second-order valence-corrected chi connectivity index (χ2v) is 4.71. The number of hydrogen-bond acceptors (Lipinski definition) is 5. The molecule has 0 fully saturated rings. The lowest BCUT2D eigenvalue weighted by Crippen LogP contribution is -2.34. The Hall–Kier alpha value is -2.34. The van der Waals surface area contributed by atoms with E-state index in [9.17, 15) is 4.79 Å². The minimum atomic E-state index is -0.465. The van der Waals surface area contributed by atoms with Crippen LogP contribution in [0.4, 0.5) is 11.6 Å². The number of carbonyl (C=O) groups excluding carboxylic acids is 1. The average molecular weight is 292 g/mol. The first-order valence-electron chi connectivity index (χ1n) is 5.90. The van der Waals surface area contributed by atoms with Crippen molar-refractivity contribution in [3.05, 3.63) is 47.2 Å². The first kappa shape index (κ1) is 14.1. The second-order valence-electron chi connectivity index (χ2n) is 4.27. The highest BCUT2D eigenvalue weighted by molar-refractivity contribution is 6.30. The third-order valence-corrected chi connectivity index (χ3v) is 2.76. The van der Waals surface area contributed by atoms with Gasteiger partial charge in [0.25, 0.3) is 0 Å². The van der Waals surface area contributed by atoms with Gasteiger partial charge in [0.2, 0.25) is 11.9 Å². The molecule has 104 valence electrons. The van der Waals surface area contributed by atoms with Crippen molar-refractivity contribution in [2.24, 2.45) is 5.73 Å². The molecule has 1 aromatic carbocycles. The minimum absolute atomic E-state index is 0.0103. The molecular formula is C13H14ClN5O. The number of nitrogen functional groups attached to an aromatic ring is 1. The lowest BCUT2D eigenvalue weighted by atomic mass is 10.2. The molecular weight excluding hydrogens is 278 g/mol. The molecule has 0 aliphatic rings. The highest BCUT2D eigenvalue weighted by atomic mass is 35.5. The number of halogens is 1. The Morgan fingerprint density at radius 1 is 1.30 bits per heavy atom. The summed E-state index contributed by atoms with van der Waals surface area (Å²) in [7, 11) is 0. The number of carbonyl (C=O) groups is 1. The number of benzene rings is 1. The van der Waals surface area contributed by atoms with Gasteiger partial charge in [0.15, 0.2) is 0 Å². The van der Waals surface area contributed by atoms with Crippen molar-refractivity contribution in [2.75, 3.05) is 17.2 Å². The average Bonchev–Trinajstić information content (AvgIpc) is 2.38. The Morgan fingerprint density at radius 3 is 2.60 bits per heavy atom. The largest absolute Gasteiger partial charge is 0.399 e. The third-order valence-electron chi connectivity index (χ3n) is 2.56. The van der Waals surface area contributed by atoms with E-state index in [0.717, 1.165) is 5.56 Å². The zero-order chi connectivity index (χ0) is 14.5. The zero-order valence-corrected chi connectivity index (χ0v) is 11.4. The zero-order valence-electron chi connectivity index (χ0n) is 10.7. The van der Waals surface area contributed by atoms with Crippen molar-refractivity contribution in [3.8, 4) is 0 Å². The van der Waals surface area contributed by atoms with Gasteiger partial charge in [-0.2, -0.15) is 0 Å². The van der Waals surface area contributed by atoms with Gasteiger partial charge in [-0.25, -0.2) is 9.97 Å². The molecule has 6 nitrogen and oxygen atoms in total. The number of primary amides is 1. The topological polar surface area (TPSA) is 98.1 Å². The molecule has 2 rings (SSSR count). The van der Waals surface area contributed by atoms with Crippen molar-refractivity contribution < 1.29 is 4.79 Å². The van der Waals surface area contributed by atoms with Crippen LogP contribution >= 0.6 is 11.6 Å². The Morgan fingerprint density at radius 2 is 2.00 bits per heavy atom. The van der Waals surface area contributed by atoms with Crippen LogP contribution in [0.25, 0.3) is 0 Å². The van der Waals surface area contributed by atoms with Gasteiger partial charge in [0.1, 0.15) is 0 Å². The van der Waals surface area contributed by atoms with E-state index in [1.807, 2.05) is 18.2 Å². The van der Waals surface area contributed by atoms with Crippen LogP contribution in [0, 0.1) is 0 Å². The van der Waals surface area contributed by atoms with E-state index >= 15 is 0 Å². The standard InChI is InChI=1S/C13H14ClN5O/c14-10-5-17-13(18-6-10)19(8-12(16)20)7-9-2-1-3-11(15)4-9/h1-6H,7-8,15H2,(H2,16,20). The molecule has 2 aromatic rings. The van der Waals surface area contributed by atoms with Crippen molar-refractivity contribution in [1.82, 2.24) is 9.97 Å². The molecule has 0 unspecified atom stereocenters. The summed E-state index contributed by atoms with van der Waals surface area (Å²) in [5.41, 5.74) is 12.6. The normalized spacial score (nSPS) is 10.2. The number of aromatic nitrogens is 2. The molecule has 20 heavy (non-hydrogen) atoms. The predicted molar refractivity (Wildman–Crippen MR) is 78.1 cm³/mol. The molecule has 0 saturated carbocycles. The van der Waals surface area contributed by atoms with Crippen molar-refractivity contribution in [1.29, 1.82) is 0 Å². The summed E-state index contributed by atoms with van der Waals surface area (Å²) in [6.07, 6.45) is 2.94. The van der Waals surface area contributed by atoms with Crippen molar-refractivity contribution in [2.45, 2.75) is 6.54 Å². The number of nitrogens with two attached hydrogens (primary N) is 2. The summed E-state index contributed by atoms with van der Waals surface area (Å²) in [6, 6.07) is 7.36. The highest BCUT2D eigenvalue weighted by Crippen LogP contribution is 2.15. The molecule has 1 aromatic heterocycles. The lowest BCUT2D eigenvalue weighted by Gasteiger charge is -2.21. The van der Waals surface area contributed by atoms with Gasteiger partial charge in [-0.1, -0.05) is 23.7 Å². The van der Waals surface area contributed by atoms with Gasteiger partial charge >= 0.3 is 0 Å². The van der Waals surface area contributed by atoms with E-state index in [1.165, 1.54) is 12.4 Å². The van der Waals surface area contributed by atoms with Crippen LogP contribution in [0.2, 0.25) is 5.02 Å². The van der Waals surface area contributed by atoms with Crippen LogP contribution in [0.5, 0.6) is 0 Å². The number of nitrogens with zero attached hydrogens (tertiary/aromatic N) is 3. The van der Waals surface area contributed by atoms with Crippen LogP contribution in [0.15, 0.2) is 36.7 Å². The Labute approximate surface area is 121 Å². The van der Waals surface area contributed by atoms with Crippen LogP contribution in [-0.4, -0.2) is 22.4 Å². The van der Waals surface area contributed by atoms with E-state index in [0.29, 0.717) is 23.2 Å². The second kappa shape index (κ2) is 6.21. The highest BCUT2D eigenvalue weighted by Gasteiger charge is 2.13. The number of amides is 1. The summed E-state index contributed by atoms with van der Waals surface area (Å²) in [4.78, 5) is 21.0. The van der Waals surface area contributed by atoms with Gasteiger partial charge in [-0.15, -0.1) is 0 Å². The Bertz CT molecular complexity index is 602. The maximum Gasteiger partial charge on any atom is 0.237 e. The molecule has 0 aliphatic carbocycles. The van der Waals surface area contributed by atoms with Gasteiger partial charge in [-0.05, 0) is 17.7 Å². The maximum atomic E-state index is 11.2. The van der Waals surface area contributed by atoms with E-state index < -0.39 is 5.91 Å². The first-order chi connectivity index (χ1) is 9.54. The molecule has 1 amide bonds. The molecule has 0 atom stereocenters. The molecule has 1 heterocycles. The molecule has 0 radical (unpaired) electrons. The Balaban J connectivity index is 2.23.